The van der Waals surface area contributed by atoms with E-state index in [2.05, 4.69) is 4.98 Å². The van der Waals surface area contributed by atoms with Crippen LogP contribution in [-0.4, -0.2) is 51.3 Å². The molecule has 1 aliphatic heterocycles. The van der Waals surface area contributed by atoms with E-state index in [1.54, 1.807) is 30.2 Å². The molecule has 7 nitrogen and oxygen atoms in total. The van der Waals surface area contributed by atoms with Gasteiger partial charge >= 0.3 is 0 Å². The Bertz CT molecular complexity index is 1120. The van der Waals surface area contributed by atoms with Crippen LogP contribution in [-0.2, 0) is 17.8 Å². The zero-order valence-corrected chi connectivity index (χ0v) is 17.7. The first kappa shape index (κ1) is 21.1. The van der Waals surface area contributed by atoms with Gasteiger partial charge in [0.15, 0.2) is 0 Å². The first-order chi connectivity index (χ1) is 15.0. The van der Waals surface area contributed by atoms with Gasteiger partial charge in [0.05, 0.1) is 36.5 Å². The Kier molecular flexibility index (Phi) is 6.04. The number of aliphatic hydroxyl groups is 1. The topological polar surface area (TPSA) is 84.7 Å². The number of aromatic nitrogens is 2. The zero-order chi connectivity index (χ0) is 21.8. The monoisotopic (exact) mass is 421 g/mol. The van der Waals surface area contributed by atoms with Crippen LogP contribution in [0, 0.1) is 0 Å². The molecule has 0 unspecified atom stereocenters. The maximum Gasteiger partial charge on any atom is 0.261 e. The largest absolute Gasteiger partial charge is 0.497 e. The van der Waals surface area contributed by atoms with Crippen molar-refractivity contribution in [2.75, 3.05) is 20.2 Å². The number of methoxy groups -OCH3 is 1. The van der Waals surface area contributed by atoms with E-state index in [1.165, 1.54) is 10.9 Å². The third-order valence-corrected chi connectivity index (χ3v) is 6.03. The maximum absolute atomic E-state index is 12.7. The number of carbonyl (C=O) groups is 1. The highest BCUT2D eigenvalue weighted by Gasteiger charge is 2.34. The molecule has 2 aromatic carbocycles. The van der Waals surface area contributed by atoms with Gasteiger partial charge in [-0.3, -0.25) is 14.2 Å². The van der Waals surface area contributed by atoms with E-state index in [1.807, 2.05) is 30.3 Å². The second-order valence-electron chi connectivity index (χ2n) is 8.15. The molecular weight excluding hydrogens is 394 g/mol. The van der Waals surface area contributed by atoms with Gasteiger partial charge in [-0.2, -0.15) is 0 Å². The van der Waals surface area contributed by atoms with Gasteiger partial charge in [-0.15, -0.1) is 0 Å². The number of benzene rings is 2. The molecule has 0 aliphatic carbocycles. The summed E-state index contributed by atoms with van der Waals surface area (Å²) in [5.41, 5.74) is 0.552. The van der Waals surface area contributed by atoms with Crippen LogP contribution in [0.25, 0.3) is 10.9 Å². The molecule has 0 bridgehead atoms. The number of amides is 1. The average molecular weight is 421 g/mol. The van der Waals surface area contributed by atoms with Crippen molar-refractivity contribution >= 4 is 16.8 Å². The Morgan fingerprint density at radius 1 is 1.13 bits per heavy atom. The van der Waals surface area contributed by atoms with Gasteiger partial charge in [-0.1, -0.05) is 24.3 Å². The number of likely N-dealkylation sites (tertiary alicyclic amines) is 1. The van der Waals surface area contributed by atoms with Gasteiger partial charge < -0.3 is 14.7 Å². The number of hydrogen-bond acceptors (Lipinski definition) is 5. The minimum Gasteiger partial charge on any atom is -0.497 e. The smallest absolute Gasteiger partial charge is 0.261 e. The molecule has 1 amide bonds. The van der Waals surface area contributed by atoms with Crippen molar-refractivity contribution in [1.82, 2.24) is 14.5 Å². The number of nitrogens with zero attached hydrogens (tertiary/aromatic N) is 3. The number of ether oxygens (including phenoxy) is 1. The molecule has 7 heteroatoms. The highest BCUT2D eigenvalue weighted by atomic mass is 16.5. The lowest BCUT2D eigenvalue weighted by Gasteiger charge is -2.38. The Morgan fingerprint density at radius 3 is 2.55 bits per heavy atom. The van der Waals surface area contributed by atoms with Crippen molar-refractivity contribution < 1.29 is 14.6 Å². The number of fused-ring (bicyclic) bond motifs is 1. The average Bonchev–Trinajstić information content (AvgIpc) is 2.80. The minimum atomic E-state index is -1.03. The van der Waals surface area contributed by atoms with Crippen molar-refractivity contribution in [2.45, 2.75) is 37.8 Å². The fraction of sp³-hybridized carbons (Fsp3) is 0.375. The standard InChI is InChI=1S/C24H27N3O4/c1-31-19-9-6-18(7-10-19)8-11-22(28)26-14-12-24(30,13-15-26)16-27-17-25-21-5-3-2-4-20(21)23(27)29/h2-7,9-10,17,30H,8,11-16H2,1H3. The second-order valence-corrected chi connectivity index (χ2v) is 8.15. The number of piperidine rings is 1. The number of hydrogen-bond donors (Lipinski definition) is 1. The molecule has 1 fully saturated rings. The van der Waals surface area contributed by atoms with E-state index in [-0.39, 0.29) is 18.0 Å². The molecule has 0 saturated carbocycles. The Labute approximate surface area is 180 Å². The van der Waals surface area contributed by atoms with Crippen LogP contribution in [0.2, 0.25) is 0 Å². The van der Waals surface area contributed by atoms with Crippen molar-refractivity contribution in [3.05, 3.63) is 70.8 Å². The second kappa shape index (κ2) is 8.89. The van der Waals surface area contributed by atoms with Crippen molar-refractivity contribution in [3.8, 4) is 5.75 Å². The molecule has 1 N–H and O–H groups in total. The van der Waals surface area contributed by atoms with Crippen LogP contribution in [0.1, 0.15) is 24.8 Å². The number of para-hydroxylation sites is 1. The lowest BCUT2D eigenvalue weighted by atomic mass is 9.91. The maximum atomic E-state index is 12.7. The Morgan fingerprint density at radius 2 is 1.84 bits per heavy atom. The summed E-state index contributed by atoms with van der Waals surface area (Å²) < 4.78 is 6.63. The van der Waals surface area contributed by atoms with Crippen molar-refractivity contribution in [2.24, 2.45) is 0 Å². The Balaban J connectivity index is 1.33. The van der Waals surface area contributed by atoms with Crippen LogP contribution in [0.4, 0.5) is 0 Å². The molecule has 3 aromatic rings. The fourth-order valence-electron chi connectivity index (χ4n) is 4.07. The number of carbonyl (C=O) groups excluding carboxylic acids is 1. The lowest BCUT2D eigenvalue weighted by molar-refractivity contribution is -0.135. The molecule has 2 heterocycles. The summed E-state index contributed by atoms with van der Waals surface area (Å²) in [6.07, 6.45) is 3.46. The van der Waals surface area contributed by atoms with E-state index >= 15 is 0 Å². The van der Waals surface area contributed by atoms with E-state index in [9.17, 15) is 14.7 Å². The van der Waals surface area contributed by atoms with Gasteiger partial charge in [0.2, 0.25) is 5.91 Å². The summed E-state index contributed by atoms with van der Waals surface area (Å²) in [4.78, 5) is 31.5. The summed E-state index contributed by atoms with van der Waals surface area (Å²) in [6, 6.07) is 14.9. The number of rotatable bonds is 6. The van der Waals surface area contributed by atoms with Crippen LogP contribution in [0.5, 0.6) is 5.75 Å². The fourth-order valence-corrected chi connectivity index (χ4v) is 4.07. The highest BCUT2D eigenvalue weighted by molar-refractivity contribution is 5.77. The summed E-state index contributed by atoms with van der Waals surface area (Å²) in [5.74, 6) is 0.883. The highest BCUT2D eigenvalue weighted by Crippen LogP contribution is 2.25. The van der Waals surface area contributed by atoms with Gasteiger partial charge in [0.1, 0.15) is 5.75 Å². The molecule has 1 saturated heterocycles. The van der Waals surface area contributed by atoms with Crippen molar-refractivity contribution in [3.63, 3.8) is 0 Å². The molecule has 31 heavy (non-hydrogen) atoms. The predicted molar refractivity (Wildman–Crippen MR) is 118 cm³/mol. The van der Waals surface area contributed by atoms with Gasteiger partial charge in [-0.05, 0) is 49.1 Å². The number of aryl methyl sites for hydroxylation is 1. The first-order valence-corrected chi connectivity index (χ1v) is 10.5. The summed E-state index contributed by atoms with van der Waals surface area (Å²) in [7, 11) is 1.63. The van der Waals surface area contributed by atoms with Crippen LogP contribution < -0.4 is 10.3 Å². The Hall–Kier alpha value is -3.19. The predicted octanol–water partition coefficient (Wildman–Crippen LogP) is 2.39. The molecule has 4 rings (SSSR count). The molecule has 1 aromatic heterocycles. The van der Waals surface area contributed by atoms with Crippen LogP contribution in [0.3, 0.4) is 0 Å². The molecule has 0 atom stereocenters. The quantitative estimate of drug-likeness (QED) is 0.661. The van der Waals surface area contributed by atoms with Gasteiger partial charge in [0, 0.05) is 19.5 Å². The van der Waals surface area contributed by atoms with Crippen LogP contribution in [0.15, 0.2) is 59.7 Å². The van der Waals surface area contributed by atoms with E-state index < -0.39 is 5.60 Å². The van der Waals surface area contributed by atoms with Crippen molar-refractivity contribution in [1.29, 1.82) is 0 Å². The van der Waals surface area contributed by atoms with E-state index in [4.69, 9.17) is 4.74 Å². The van der Waals surface area contributed by atoms with Crippen LogP contribution >= 0.6 is 0 Å². The third kappa shape index (κ3) is 4.77. The lowest BCUT2D eigenvalue weighted by Crippen LogP contribution is -2.49. The van der Waals surface area contributed by atoms with Gasteiger partial charge in [-0.25, -0.2) is 4.98 Å². The molecule has 0 spiro atoms. The van der Waals surface area contributed by atoms with Gasteiger partial charge in [0.25, 0.3) is 5.56 Å². The van der Waals surface area contributed by atoms with E-state index in [0.717, 1.165) is 11.3 Å². The summed E-state index contributed by atoms with van der Waals surface area (Å²) in [6.45, 7) is 1.14. The molecular formula is C24H27N3O4. The minimum absolute atomic E-state index is 0.0856. The normalized spacial score (nSPS) is 15.7. The third-order valence-electron chi connectivity index (χ3n) is 6.03. The first-order valence-electron chi connectivity index (χ1n) is 10.5. The summed E-state index contributed by atoms with van der Waals surface area (Å²) in [5, 5.41) is 11.6. The molecule has 0 radical (unpaired) electrons. The summed E-state index contributed by atoms with van der Waals surface area (Å²) >= 11 is 0. The molecule has 1 aliphatic rings. The van der Waals surface area contributed by atoms with E-state index in [0.29, 0.717) is 49.7 Å². The molecule has 162 valence electrons. The SMILES string of the molecule is COc1ccc(CCC(=O)N2CCC(O)(Cn3cnc4ccccc4c3=O)CC2)cc1. The zero-order valence-electron chi connectivity index (χ0n) is 17.7.